The van der Waals surface area contributed by atoms with Gasteiger partial charge in [0.25, 0.3) is 0 Å². The molecule has 2 aromatic carbocycles. The van der Waals surface area contributed by atoms with Gasteiger partial charge in [0.1, 0.15) is 5.69 Å². The average Bonchev–Trinajstić information content (AvgIpc) is 2.15. The normalized spacial score (nSPS) is 11.1. The number of fused-ring (bicyclic) bond motifs is 1. The summed E-state index contributed by atoms with van der Waals surface area (Å²) in [4.78, 5) is 0. The number of quaternary nitrogens is 1. The van der Waals surface area contributed by atoms with Crippen LogP contribution in [0.5, 0.6) is 0 Å². The van der Waals surface area contributed by atoms with Crippen molar-refractivity contribution in [1.82, 2.24) is 4.48 Å². The number of rotatable bonds is 1. The Morgan fingerprint density at radius 3 is 2.07 bits per heavy atom. The molecule has 2 heteroatoms. The van der Waals surface area contributed by atoms with E-state index >= 15 is 0 Å². The quantitative estimate of drug-likeness (QED) is 0.554. The van der Waals surface area contributed by atoms with Crippen LogP contribution < -0.4 is 4.48 Å². The molecule has 2 aromatic rings. The van der Waals surface area contributed by atoms with Gasteiger partial charge >= 0.3 is 23.9 Å². The third-order valence-electron chi connectivity index (χ3n) is 2.49. The van der Waals surface area contributed by atoms with Gasteiger partial charge in [0.2, 0.25) is 0 Å². The molecule has 0 bridgehead atoms. The van der Waals surface area contributed by atoms with Crippen molar-refractivity contribution >= 4 is 40.4 Å². The van der Waals surface area contributed by atoms with Gasteiger partial charge in [-0.2, -0.15) is 0 Å². The van der Waals surface area contributed by atoms with E-state index in [1.165, 1.54) is 16.5 Å². The average molecular weight is 309 g/mol. The van der Waals surface area contributed by atoms with Crippen molar-refractivity contribution in [3.8, 4) is 0 Å². The first kappa shape index (κ1) is 12.5. The summed E-state index contributed by atoms with van der Waals surface area (Å²) >= 11 is 0. The van der Waals surface area contributed by atoms with Crippen LogP contribution in [0.4, 0.5) is 5.69 Å². The Morgan fingerprint density at radius 1 is 0.800 bits per heavy atom. The van der Waals surface area contributed by atoms with Crippen molar-refractivity contribution in [1.29, 1.82) is 0 Å². The summed E-state index contributed by atoms with van der Waals surface area (Å²) in [5, 5.41) is 2.67. The maximum absolute atomic E-state index is 2.20. The zero-order valence-electron chi connectivity index (χ0n) is 8.99. The van der Waals surface area contributed by atoms with Crippen molar-refractivity contribution < 1.29 is 0 Å². The molecule has 0 aliphatic rings. The molecule has 0 aliphatic heterocycles. The van der Waals surface area contributed by atoms with Gasteiger partial charge in [0.05, 0.1) is 21.1 Å². The molecule has 0 aromatic heterocycles. The molecule has 0 N–H and O–H groups in total. The third-order valence-corrected chi connectivity index (χ3v) is 2.49. The summed E-state index contributed by atoms with van der Waals surface area (Å²) < 4.78 is 0.862. The summed E-state index contributed by atoms with van der Waals surface area (Å²) in [5.74, 6) is 0. The summed E-state index contributed by atoms with van der Waals surface area (Å²) in [6.45, 7) is 0. The molecular weight excluding hydrogens is 289 g/mol. The van der Waals surface area contributed by atoms with E-state index in [0.29, 0.717) is 0 Å². The zero-order chi connectivity index (χ0) is 10.2. The predicted molar refractivity (Wildman–Crippen MR) is 74.8 cm³/mol. The fourth-order valence-corrected chi connectivity index (χ4v) is 1.79. The van der Waals surface area contributed by atoms with Crippen LogP contribution in [0.1, 0.15) is 0 Å². The molecule has 0 fully saturated rings. The molecule has 0 unspecified atom stereocenters. The zero-order valence-corrected chi connectivity index (χ0v) is 8.99. The number of nitrogens with zero attached hydrogens (tertiary/aromatic N) is 1. The summed E-state index contributed by atoms with van der Waals surface area (Å²) in [6, 6.07) is 15.0. The van der Waals surface area contributed by atoms with Crippen LogP contribution in [0, 0.1) is 0 Å². The van der Waals surface area contributed by atoms with Crippen LogP contribution in [-0.2, 0) is 0 Å². The topological polar surface area (TPSA) is 0 Å². The van der Waals surface area contributed by atoms with Crippen LogP contribution in [0.15, 0.2) is 42.5 Å². The molecule has 0 saturated heterocycles. The van der Waals surface area contributed by atoms with Crippen molar-refractivity contribution in [2.24, 2.45) is 0 Å². The standard InChI is InChI=1S/C13H16N.Sn.4H/c1-14(2,3)13-10-6-8-11-7-4-5-9-12(11)13;;;;;/h4-10H,1-3H3;;;;;/q+1;;;;;. The monoisotopic (exact) mass is 310 g/mol. The van der Waals surface area contributed by atoms with Gasteiger partial charge in [-0.25, -0.2) is 0 Å². The van der Waals surface area contributed by atoms with Crippen LogP contribution in [-0.4, -0.2) is 45.1 Å². The van der Waals surface area contributed by atoms with Gasteiger partial charge in [-0.05, 0) is 17.5 Å². The summed E-state index contributed by atoms with van der Waals surface area (Å²) in [6.07, 6.45) is 0. The van der Waals surface area contributed by atoms with Crippen molar-refractivity contribution in [3.05, 3.63) is 42.5 Å². The van der Waals surface area contributed by atoms with E-state index in [0.717, 1.165) is 4.48 Å². The Labute approximate surface area is 108 Å². The molecule has 15 heavy (non-hydrogen) atoms. The molecule has 0 spiro atoms. The van der Waals surface area contributed by atoms with E-state index < -0.39 is 0 Å². The SMILES string of the molecule is C[N+](C)(C)c1cccc2ccccc12.[SnH4]. The van der Waals surface area contributed by atoms with E-state index in [2.05, 4.69) is 63.6 Å². The molecule has 1 nitrogen and oxygen atoms in total. The van der Waals surface area contributed by atoms with Gasteiger partial charge in [-0.1, -0.05) is 30.3 Å². The first-order valence-electron chi connectivity index (χ1n) is 4.89. The van der Waals surface area contributed by atoms with E-state index in [1.807, 2.05) is 0 Å². The van der Waals surface area contributed by atoms with Crippen LogP contribution >= 0.6 is 0 Å². The summed E-state index contributed by atoms with van der Waals surface area (Å²) in [5.41, 5.74) is 1.36. The fourth-order valence-electron chi connectivity index (χ4n) is 1.79. The van der Waals surface area contributed by atoms with E-state index in [9.17, 15) is 0 Å². The molecule has 2 rings (SSSR count). The minimum absolute atomic E-state index is 0. The maximum atomic E-state index is 2.20. The fraction of sp³-hybridized carbons (Fsp3) is 0.231. The number of hydrogen-bond donors (Lipinski definition) is 0. The molecule has 0 aliphatic carbocycles. The second kappa shape index (κ2) is 4.54. The molecule has 0 amide bonds. The second-order valence-electron chi connectivity index (χ2n) is 4.51. The number of benzene rings is 2. The first-order chi connectivity index (χ1) is 6.59. The minimum atomic E-state index is 0. The van der Waals surface area contributed by atoms with Crippen molar-refractivity contribution in [2.75, 3.05) is 21.1 Å². The Balaban J connectivity index is 0.00000112. The predicted octanol–water partition coefficient (Wildman–Crippen LogP) is 1.58. The Hall–Kier alpha value is -0.541. The Morgan fingerprint density at radius 2 is 1.40 bits per heavy atom. The van der Waals surface area contributed by atoms with Crippen molar-refractivity contribution in [3.63, 3.8) is 0 Å². The number of hydrogen-bond acceptors (Lipinski definition) is 0. The third kappa shape index (κ3) is 2.52. The van der Waals surface area contributed by atoms with E-state index in [1.54, 1.807) is 0 Å². The van der Waals surface area contributed by atoms with E-state index in [-0.39, 0.29) is 23.9 Å². The second-order valence-corrected chi connectivity index (χ2v) is 4.51. The molecule has 80 valence electrons. The van der Waals surface area contributed by atoms with Crippen LogP contribution in [0.3, 0.4) is 0 Å². The molecule has 0 heterocycles. The van der Waals surface area contributed by atoms with E-state index in [4.69, 9.17) is 0 Å². The van der Waals surface area contributed by atoms with Crippen LogP contribution in [0.25, 0.3) is 10.8 Å². The van der Waals surface area contributed by atoms with Gasteiger partial charge in [-0.3, -0.25) is 4.48 Å². The molecule has 0 atom stereocenters. The van der Waals surface area contributed by atoms with Gasteiger partial charge in [-0.15, -0.1) is 0 Å². The molecule has 0 saturated carbocycles. The first-order valence-corrected chi connectivity index (χ1v) is 4.89. The summed E-state index contributed by atoms with van der Waals surface area (Å²) in [7, 11) is 6.59. The molecular formula is C13H20NSn+. The Kier molecular flexibility index (Phi) is 3.79. The van der Waals surface area contributed by atoms with Gasteiger partial charge in [0.15, 0.2) is 0 Å². The van der Waals surface area contributed by atoms with Gasteiger partial charge in [0, 0.05) is 5.39 Å². The molecule has 0 radical (unpaired) electrons. The van der Waals surface area contributed by atoms with Crippen LogP contribution in [0.2, 0.25) is 0 Å². The Bertz CT molecular complexity index is 452. The van der Waals surface area contributed by atoms with Crippen molar-refractivity contribution in [2.45, 2.75) is 0 Å². The van der Waals surface area contributed by atoms with Gasteiger partial charge < -0.3 is 0 Å².